The number of aromatic hydroxyl groups is 2. The van der Waals surface area contributed by atoms with E-state index in [0.717, 1.165) is 0 Å². The quantitative estimate of drug-likeness (QED) is 0.641. The molecule has 0 spiro atoms. The standard InChI is InChI=1S/C12H13ClN2O4.C2H6/c1-14-4-5-15(12(19)11(14)18)6-7-2-3-8(16)10(17)9(7)13;1-2/h2-3,16-17H,4-6H2,1H3;1-2H3. The Morgan fingerprint density at radius 2 is 1.76 bits per heavy atom. The van der Waals surface area contributed by atoms with E-state index in [1.165, 1.54) is 21.9 Å². The molecular weight excluding hydrogens is 296 g/mol. The Bertz CT molecular complexity index is 548. The fraction of sp³-hybridized carbons (Fsp3) is 0.429. The van der Waals surface area contributed by atoms with Gasteiger partial charge < -0.3 is 20.0 Å². The minimum Gasteiger partial charge on any atom is -0.504 e. The fourth-order valence-electron chi connectivity index (χ4n) is 1.85. The van der Waals surface area contributed by atoms with Gasteiger partial charge in [-0.15, -0.1) is 0 Å². The first-order valence-corrected chi connectivity index (χ1v) is 7.03. The highest BCUT2D eigenvalue weighted by atomic mass is 35.5. The Balaban J connectivity index is 0.00000106. The molecule has 1 aromatic rings. The van der Waals surface area contributed by atoms with Gasteiger partial charge in [0.2, 0.25) is 0 Å². The summed E-state index contributed by atoms with van der Waals surface area (Å²) in [6.45, 7) is 4.97. The third kappa shape index (κ3) is 3.58. The molecule has 1 saturated heterocycles. The van der Waals surface area contributed by atoms with Crippen molar-refractivity contribution in [1.29, 1.82) is 0 Å². The number of benzene rings is 1. The number of hydrogen-bond donors (Lipinski definition) is 2. The number of amides is 2. The van der Waals surface area contributed by atoms with Crippen molar-refractivity contribution in [2.45, 2.75) is 20.4 Å². The molecule has 1 aromatic carbocycles. The van der Waals surface area contributed by atoms with Gasteiger partial charge in [-0.05, 0) is 11.6 Å². The lowest BCUT2D eigenvalue weighted by molar-refractivity contribution is -0.155. The Kier molecular flexibility index (Phi) is 5.84. The lowest BCUT2D eigenvalue weighted by Gasteiger charge is -2.31. The maximum atomic E-state index is 11.8. The van der Waals surface area contributed by atoms with Gasteiger partial charge in [0.15, 0.2) is 11.5 Å². The van der Waals surface area contributed by atoms with Crippen LogP contribution >= 0.6 is 11.6 Å². The Morgan fingerprint density at radius 1 is 1.14 bits per heavy atom. The average molecular weight is 315 g/mol. The maximum Gasteiger partial charge on any atom is 0.312 e. The van der Waals surface area contributed by atoms with E-state index in [-0.39, 0.29) is 17.3 Å². The van der Waals surface area contributed by atoms with Crippen LogP contribution in [0.2, 0.25) is 5.02 Å². The summed E-state index contributed by atoms with van der Waals surface area (Å²) in [6, 6.07) is 2.80. The van der Waals surface area contributed by atoms with Gasteiger partial charge in [0, 0.05) is 26.7 Å². The van der Waals surface area contributed by atoms with Crippen LogP contribution in [-0.2, 0) is 16.1 Å². The Morgan fingerprint density at radius 3 is 2.38 bits per heavy atom. The summed E-state index contributed by atoms with van der Waals surface area (Å²) in [4.78, 5) is 26.0. The summed E-state index contributed by atoms with van der Waals surface area (Å²) in [5.74, 6) is -1.91. The first-order chi connectivity index (χ1) is 9.91. The molecule has 2 N–H and O–H groups in total. The summed E-state index contributed by atoms with van der Waals surface area (Å²) in [5.41, 5.74) is 0.475. The van der Waals surface area contributed by atoms with Crippen LogP contribution in [-0.4, -0.2) is 52.0 Å². The molecule has 0 saturated carbocycles. The number of phenols is 2. The molecule has 6 nitrogen and oxygen atoms in total. The molecule has 2 rings (SSSR count). The second-order valence-corrected chi connectivity index (χ2v) is 4.74. The van der Waals surface area contributed by atoms with Crippen LogP contribution in [0.4, 0.5) is 0 Å². The van der Waals surface area contributed by atoms with Crippen molar-refractivity contribution >= 4 is 23.4 Å². The van der Waals surface area contributed by atoms with Crippen LogP contribution in [0.25, 0.3) is 0 Å². The molecule has 1 aliphatic heterocycles. The highest BCUT2D eigenvalue weighted by Crippen LogP contribution is 2.36. The zero-order valence-corrected chi connectivity index (χ0v) is 13.0. The number of likely N-dealkylation sites (N-methyl/N-ethyl adjacent to an activating group) is 1. The van der Waals surface area contributed by atoms with Gasteiger partial charge in [0.25, 0.3) is 0 Å². The van der Waals surface area contributed by atoms with Gasteiger partial charge in [0.05, 0.1) is 5.02 Å². The molecule has 0 bridgehead atoms. The van der Waals surface area contributed by atoms with Crippen molar-refractivity contribution in [2.75, 3.05) is 20.1 Å². The summed E-state index contributed by atoms with van der Waals surface area (Å²) in [6.07, 6.45) is 0. The molecule has 0 aromatic heterocycles. The number of carbonyl (C=O) groups is 2. The van der Waals surface area contributed by atoms with Crippen molar-refractivity contribution in [3.8, 4) is 11.5 Å². The summed E-state index contributed by atoms with van der Waals surface area (Å²) < 4.78 is 0. The molecule has 1 aliphatic rings. The van der Waals surface area contributed by atoms with Gasteiger partial charge in [-0.25, -0.2) is 0 Å². The molecule has 7 heteroatoms. The molecule has 0 aliphatic carbocycles. The van der Waals surface area contributed by atoms with Crippen molar-refractivity contribution in [3.05, 3.63) is 22.7 Å². The van der Waals surface area contributed by atoms with E-state index in [1.807, 2.05) is 13.8 Å². The highest BCUT2D eigenvalue weighted by molar-refractivity contribution is 6.35. The van der Waals surface area contributed by atoms with Crippen LogP contribution in [0.15, 0.2) is 12.1 Å². The lowest BCUT2D eigenvalue weighted by atomic mass is 10.1. The van der Waals surface area contributed by atoms with Crippen LogP contribution in [0.3, 0.4) is 0 Å². The molecule has 0 radical (unpaired) electrons. The maximum absolute atomic E-state index is 11.8. The number of hydrogen-bond acceptors (Lipinski definition) is 4. The summed E-state index contributed by atoms with van der Waals surface area (Å²) in [5, 5.41) is 18.8. The monoisotopic (exact) mass is 314 g/mol. The van der Waals surface area contributed by atoms with Crippen LogP contribution in [0.5, 0.6) is 11.5 Å². The third-order valence-electron chi connectivity index (χ3n) is 3.06. The van der Waals surface area contributed by atoms with Crippen molar-refractivity contribution < 1.29 is 19.8 Å². The minimum atomic E-state index is -0.600. The van der Waals surface area contributed by atoms with Crippen molar-refractivity contribution in [3.63, 3.8) is 0 Å². The second kappa shape index (κ2) is 7.17. The molecule has 116 valence electrons. The fourth-order valence-corrected chi connectivity index (χ4v) is 2.07. The smallest absolute Gasteiger partial charge is 0.312 e. The first kappa shape index (κ1) is 17.1. The lowest BCUT2D eigenvalue weighted by Crippen LogP contribution is -2.52. The topological polar surface area (TPSA) is 81.1 Å². The number of carbonyl (C=O) groups excluding carboxylic acids is 2. The number of piperazine rings is 1. The van der Waals surface area contributed by atoms with Gasteiger partial charge >= 0.3 is 11.8 Å². The summed E-state index contributed by atoms with van der Waals surface area (Å²) >= 11 is 5.89. The predicted molar refractivity (Wildman–Crippen MR) is 79.2 cm³/mol. The largest absolute Gasteiger partial charge is 0.504 e. The number of phenolic OH excluding ortho intramolecular Hbond substituents is 2. The number of rotatable bonds is 2. The zero-order chi connectivity index (χ0) is 16.2. The number of halogens is 1. The first-order valence-electron chi connectivity index (χ1n) is 6.65. The van der Waals surface area contributed by atoms with Gasteiger partial charge in [0.1, 0.15) is 0 Å². The van der Waals surface area contributed by atoms with Gasteiger partial charge in [-0.1, -0.05) is 31.5 Å². The number of nitrogens with zero attached hydrogens (tertiary/aromatic N) is 2. The Hall–Kier alpha value is -1.95. The van der Waals surface area contributed by atoms with E-state index in [2.05, 4.69) is 0 Å². The van der Waals surface area contributed by atoms with Crippen LogP contribution in [0, 0.1) is 0 Å². The molecule has 21 heavy (non-hydrogen) atoms. The minimum absolute atomic E-state index is 0.0147. The molecule has 1 fully saturated rings. The molecular formula is C14H19ClN2O4. The van der Waals surface area contributed by atoms with Gasteiger partial charge in [-0.3, -0.25) is 9.59 Å². The normalized spacial score (nSPS) is 14.9. The van der Waals surface area contributed by atoms with E-state index in [9.17, 15) is 19.8 Å². The van der Waals surface area contributed by atoms with Gasteiger partial charge in [-0.2, -0.15) is 0 Å². The zero-order valence-electron chi connectivity index (χ0n) is 12.3. The highest BCUT2D eigenvalue weighted by Gasteiger charge is 2.30. The van der Waals surface area contributed by atoms with E-state index in [4.69, 9.17) is 11.6 Å². The third-order valence-corrected chi connectivity index (χ3v) is 3.48. The van der Waals surface area contributed by atoms with Crippen LogP contribution in [0.1, 0.15) is 19.4 Å². The molecule has 0 atom stereocenters. The van der Waals surface area contributed by atoms with Crippen LogP contribution < -0.4 is 0 Å². The second-order valence-electron chi connectivity index (χ2n) is 4.36. The average Bonchev–Trinajstić information content (AvgIpc) is 2.50. The molecule has 0 unspecified atom stereocenters. The SMILES string of the molecule is CC.CN1CCN(Cc2ccc(O)c(O)c2Cl)C(=O)C1=O. The predicted octanol–water partition coefficient (Wildman–Crippen LogP) is 1.58. The van der Waals surface area contributed by atoms with Crippen molar-refractivity contribution in [1.82, 2.24) is 9.80 Å². The molecule has 2 amide bonds. The molecule has 1 heterocycles. The van der Waals surface area contributed by atoms with E-state index in [0.29, 0.717) is 18.7 Å². The summed E-state index contributed by atoms with van der Waals surface area (Å²) in [7, 11) is 1.57. The van der Waals surface area contributed by atoms with E-state index >= 15 is 0 Å². The Labute approximate surface area is 128 Å². The van der Waals surface area contributed by atoms with Crippen molar-refractivity contribution in [2.24, 2.45) is 0 Å². The van der Waals surface area contributed by atoms with E-state index < -0.39 is 17.6 Å². The van der Waals surface area contributed by atoms with E-state index in [1.54, 1.807) is 7.05 Å².